The highest BCUT2D eigenvalue weighted by atomic mass is 16.7. The number of ether oxygens (including phenoxy) is 5. The highest BCUT2D eigenvalue weighted by Crippen LogP contribution is 2.36. The lowest BCUT2D eigenvalue weighted by molar-refractivity contribution is -0.286. The Labute approximate surface area is 215 Å². The minimum Gasteiger partial charge on any atom is -0.454 e. The Hall–Kier alpha value is -3.72. The normalized spacial score (nSPS) is 25.1. The Bertz CT molecular complexity index is 1170. The van der Waals surface area contributed by atoms with Crippen LogP contribution in [0.4, 0.5) is 4.79 Å². The number of rotatable bonds is 6. The third kappa shape index (κ3) is 5.67. The van der Waals surface area contributed by atoms with Crippen LogP contribution in [-0.2, 0) is 30.3 Å². The first kappa shape index (κ1) is 25.0. The van der Waals surface area contributed by atoms with Crippen molar-refractivity contribution in [3.05, 3.63) is 108 Å². The van der Waals surface area contributed by atoms with Crippen molar-refractivity contribution in [1.82, 2.24) is 4.90 Å². The highest BCUT2D eigenvalue weighted by Gasteiger charge is 2.52. The van der Waals surface area contributed by atoms with Crippen molar-refractivity contribution >= 4 is 12.1 Å². The largest absolute Gasteiger partial charge is 0.454 e. The minimum absolute atomic E-state index is 0.0780. The van der Waals surface area contributed by atoms with Crippen LogP contribution in [0, 0.1) is 0 Å². The molecule has 3 aromatic carbocycles. The van der Waals surface area contributed by atoms with E-state index in [1.807, 2.05) is 66.7 Å². The van der Waals surface area contributed by atoms with E-state index in [1.54, 1.807) is 31.4 Å². The van der Waals surface area contributed by atoms with Gasteiger partial charge in [0.1, 0.15) is 24.9 Å². The lowest BCUT2D eigenvalue weighted by atomic mass is 9.93. The Morgan fingerprint density at radius 3 is 2.24 bits per heavy atom. The third-order valence-corrected chi connectivity index (χ3v) is 6.60. The van der Waals surface area contributed by atoms with E-state index in [0.717, 1.165) is 11.1 Å². The number of nitrogens with zero attached hydrogens (tertiary/aromatic N) is 1. The molecule has 0 unspecified atom stereocenters. The van der Waals surface area contributed by atoms with Crippen LogP contribution in [0.2, 0.25) is 0 Å². The maximum atomic E-state index is 13.3. The summed E-state index contributed by atoms with van der Waals surface area (Å²) in [4.78, 5) is 27.7. The standard InChI is InChI=1S/C29H29NO7/c1-33-26-24(36-27(31)21-13-7-3-8-14-21)17-30(29(32)35-18-20-11-5-2-6-12-20)23-19-34-28(37-25(23)26)22-15-9-4-10-16-22/h2-16,23-26,28H,17-19H2,1H3/t23-,24+,25-,26-,28-/m1/s1. The van der Waals surface area contributed by atoms with Gasteiger partial charge in [0.25, 0.3) is 0 Å². The molecule has 0 saturated carbocycles. The second-order valence-corrected chi connectivity index (χ2v) is 8.95. The summed E-state index contributed by atoms with van der Waals surface area (Å²) < 4.78 is 29.7. The molecule has 5 rings (SSSR count). The summed E-state index contributed by atoms with van der Waals surface area (Å²) >= 11 is 0. The summed E-state index contributed by atoms with van der Waals surface area (Å²) in [7, 11) is 1.55. The van der Waals surface area contributed by atoms with Crippen LogP contribution < -0.4 is 0 Å². The summed E-state index contributed by atoms with van der Waals surface area (Å²) in [6.07, 6.45) is -3.20. The molecule has 192 valence electrons. The van der Waals surface area contributed by atoms with Crippen LogP contribution >= 0.6 is 0 Å². The van der Waals surface area contributed by atoms with Crippen molar-refractivity contribution in [3.8, 4) is 0 Å². The van der Waals surface area contributed by atoms with Crippen molar-refractivity contribution < 1.29 is 33.3 Å². The number of carbonyl (C=O) groups is 2. The van der Waals surface area contributed by atoms with Gasteiger partial charge in [0, 0.05) is 12.7 Å². The molecule has 5 atom stereocenters. The topological polar surface area (TPSA) is 83.5 Å². The van der Waals surface area contributed by atoms with E-state index in [2.05, 4.69) is 0 Å². The average molecular weight is 504 g/mol. The summed E-state index contributed by atoms with van der Waals surface area (Å²) in [6, 6.07) is 27.2. The van der Waals surface area contributed by atoms with E-state index in [1.165, 1.54) is 4.90 Å². The molecule has 0 radical (unpaired) electrons. The summed E-state index contributed by atoms with van der Waals surface area (Å²) in [5, 5.41) is 0. The molecule has 37 heavy (non-hydrogen) atoms. The molecule has 0 bridgehead atoms. The zero-order valence-electron chi connectivity index (χ0n) is 20.5. The van der Waals surface area contributed by atoms with Crippen LogP contribution in [0.5, 0.6) is 0 Å². The number of esters is 1. The van der Waals surface area contributed by atoms with E-state index >= 15 is 0 Å². The van der Waals surface area contributed by atoms with Gasteiger partial charge in [-0.1, -0.05) is 78.9 Å². The molecule has 8 nitrogen and oxygen atoms in total. The van der Waals surface area contributed by atoms with Gasteiger partial charge in [-0.15, -0.1) is 0 Å². The second kappa shape index (κ2) is 11.6. The number of amides is 1. The van der Waals surface area contributed by atoms with E-state index in [-0.39, 0.29) is 19.8 Å². The monoisotopic (exact) mass is 503 g/mol. The van der Waals surface area contributed by atoms with E-state index in [4.69, 9.17) is 23.7 Å². The van der Waals surface area contributed by atoms with Gasteiger partial charge in [-0.25, -0.2) is 9.59 Å². The molecule has 1 amide bonds. The quantitative estimate of drug-likeness (QED) is 0.462. The fourth-order valence-electron chi connectivity index (χ4n) is 4.73. The van der Waals surface area contributed by atoms with Gasteiger partial charge in [-0.3, -0.25) is 4.90 Å². The SMILES string of the molecule is CO[C@H]1[C@@H]2O[C@H](c3ccccc3)OC[C@H]2N(C(=O)OCc2ccccc2)C[C@@H]1OC(=O)c1ccccc1. The fraction of sp³-hybridized carbons (Fsp3) is 0.310. The van der Waals surface area contributed by atoms with Crippen LogP contribution in [-0.4, -0.2) is 61.6 Å². The summed E-state index contributed by atoms with van der Waals surface area (Å²) in [6.45, 7) is 0.405. The zero-order chi connectivity index (χ0) is 25.6. The maximum Gasteiger partial charge on any atom is 0.410 e. The predicted molar refractivity (Wildman–Crippen MR) is 134 cm³/mol. The third-order valence-electron chi connectivity index (χ3n) is 6.60. The number of hydrogen-bond donors (Lipinski definition) is 0. The van der Waals surface area contributed by atoms with Crippen molar-refractivity contribution in [2.24, 2.45) is 0 Å². The number of fused-ring (bicyclic) bond motifs is 1. The molecule has 2 saturated heterocycles. The Kier molecular flexibility index (Phi) is 7.79. The van der Waals surface area contributed by atoms with Gasteiger partial charge in [-0.2, -0.15) is 0 Å². The van der Waals surface area contributed by atoms with Crippen molar-refractivity contribution in [3.63, 3.8) is 0 Å². The molecule has 0 N–H and O–H groups in total. The van der Waals surface area contributed by atoms with Gasteiger partial charge < -0.3 is 23.7 Å². The van der Waals surface area contributed by atoms with Crippen LogP contribution in [0.3, 0.4) is 0 Å². The lowest BCUT2D eigenvalue weighted by Gasteiger charge is -2.50. The second-order valence-electron chi connectivity index (χ2n) is 8.95. The first-order valence-corrected chi connectivity index (χ1v) is 12.2. The fourth-order valence-corrected chi connectivity index (χ4v) is 4.73. The van der Waals surface area contributed by atoms with Crippen molar-refractivity contribution in [2.45, 2.75) is 37.3 Å². The van der Waals surface area contributed by atoms with Gasteiger partial charge in [-0.05, 0) is 17.7 Å². The summed E-state index contributed by atoms with van der Waals surface area (Å²) in [5.74, 6) is -0.504. The van der Waals surface area contributed by atoms with Crippen molar-refractivity contribution in [2.75, 3.05) is 20.3 Å². The Morgan fingerprint density at radius 2 is 1.57 bits per heavy atom. The number of methoxy groups -OCH3 is 1. The maximum absolute atomic E-state index is 13.3. The van der Waals surface area contributed by atoms with Gasteiger partial charge in [0.2, 0.25) is 0 Å². The molecule has 8 heteroatoms. The lowest BCUT2D eigenvalue weighted by Crippen LogP contribution is -2.67. The van der Waals surface area contributed by atoms with Gasteiger partial charge in [0.15, 0.2) is 6.29 Å². The van der Waals surface area contributed by atoms with Gasteiger partial charge in [0.05, 0.1) is 24.8 Å². The molecule has 3 aromatic rings. The molecule has 0 aromatic heterocycles. The van der Waals surface area contributed by atoms with E-state index < -0.39 is 42.7 Å². The summed E-state index contributed by atoms with van der Waals surface area (Å²) in [5.41, 5.74) is 2.12. The van der Waals surface area contributed by atoms with Crippen molar-refractivity contribution in [1.29, 1.82) is 0 Å². The molecule has 0 aliphatic carbocycles. The average Bonchev–Trinajstić information content (AvgIpc) is 2.96. The van der Waals surface area contributed by atoms with Crippen LogP contribution in [0.1, 0.15) is 27.8 Å². The number of hydrogen-bond acceptors (Lipinski definition) is 7. The zero-order valence-corrected chi connectivity index (χ0v) is 20.5. The first-order valence-electron chi connectivity index (χ1n) is 12.2. The number of benzene rings is 3. The Morgan fingerprint density at radius 1 is 0.919 bits per heavy atom. The predicted octanol–water partition coefficient (Wildman–Crippen LogP) is 4.36. The molecule has 2 fully saturated rings. The van der Waals surface area contributed by atoms with Gasteiger partial charge >= 0.3 is 12.1 Å². The number of carbonyl (C=O) groups excluding carboxylic acids is 2. The molecule has 2 aliphatic rings. The number of likely N-dealkylation sites (tertiary alicyclic amines) is 1. The molecule has 2 heterocycles. The molecular formula is C29H29NO7. The van der Waals surface area contributed by atoms with E-state index in [0.29, 0.717) is 5.56 Å². The van der Waals surface area contributed by atoms with Crippen LogP contribution in [0.15, 0.2) is 91.0 Å². The molecule has 0 spiro atoms. The smallest absolute Gasteiger partial charge is 0.410 e. The Balaban J connectivity index is 1.38. The number of piperidine rings is 1. The first-order chi connectivity index (χ1) is 18.1. The molecule has 2 aliphatic heterocycles. The van der Waals surface area contributed by atoms with E-state index in [9.17, 15) is 9.59 Å². The molecular weight excluding hydrogens is 474 g/mol. The van der Waals surface area contributed by atoms with Crippen LogP contribution in [0.25, 0.3) is 0 Å². The highest BCUT2D eigenvalue weighted by molar-refractivity contribution is 5.89. The minimum atomic E-state index is -0.780.